The molecule has 0 aliphatic carbocycles. The van der Waals surface area contributed by atoms with Crippen molar-refractivity contribution in [2.45, 2.75) is 39.3 Å². The molecule has 8 nitrogen and oxygen atoms in total. The molecule has 1 amide bonds. The number of amides is 1. The maximum absolute atomic E-state index is 12.6. The number of aromatic hydroxyl groups is 1. The lowest BCUT2D eigenvalue weighted by Gasteiger charge is -2.31. The van der Waals surface area contributed by atoms with E-state index < -0.39 is 11.7 Å². The predicted molar refractivity (Wildman–Crippen MR) is 108 cm³/mol. The number of hydrogen-bond donors (Lipinski definition) is 2. The molecule has 0 spiro atoms. The van der Waals surface area contributed by atoms with Crippen LogP contribution in [-0.4, -0.2) is 43.4 Å². The van der Waals surface area contributed by atoms with Crippen molar-refractivity contribution in [2.24, 2.45) is 0 Å². The molecule has 4 rings (SSSR count). The Labute approximate surface area is 167 Å². The van der Waals surface area contributed by atoms with Crippen LogP contribution in [-0.2, 0) is 17.7 Å². The second-order valence-electron chi connectivity index (χ2n) is 8.07. The van der Waals surface area contributed by atoms with E-state index in [4.69, 9.17) is 4.74 Å². The molecule has 0 bridgehead atoms. The van der Waals surface area contributed by atoms with Crippen LogP contribution >= 0.6 is 0 Å². The van der Waals surface area contributed by atoms with E-state index in [1.165, 1.54) is 4.90 Å². The van der Waals surface area contributed by atoms with Gasteiger partial charge in [-0.3, -0.25) is 4.79 Å². The first-order chi connectivity index (χ1) is 13.7. The first-order valence-corrected chi connectivity index (χ1v) is 9.41. The third-order valence-electron chi connectivity index (χ3n) is 4.80. The fourth-order valence-electron chi connectivity index (χ4n) is 3.47. The van der Waals surface area contributed by atoms with E-state index in [2.05, 4.69) is 15.2 Å². The highest BCUT2D eigenvalue weighted by Crippen LogP contribution is 2.30. The number of ether oxygens (including phenoxy) is 1. The van der Waals surface area contributed by atoms with Gasteiger partial charge < -0.3 is 19.7 Å². The number of aromatic nitrogens is 3. The molecule has 0 fully saturated rings. The number of aromatic amines is 1. The molecule has 0 saturated carbocycles. The Morgan fingerprint density at radius 1 is 1.21 bits per heavy atom. The highest BCUT2D eigenvalue weighted by Gasteiger charge is 2.28. The van der Waals surface area contributed by atoms with Crippen LogP contribution in [0, 0.1) is 0 Å². The summed E-state index contributed by atoms with van der Waals surface area (Å²) in [5.41, 5.74) is 1.94. The maximum atomic E-state index is 12.6. The Morgan fingerprint density at radius 2 is 1.97 bits per heavy atom. The van der Waals surface area contributed by atoms with Crippen LogP contribution in [0.15, 0.2) is 35.1 Å². The van der Waals surface area contributed by atoms with Gasteiger partial charge in [0.05, 0.1) is 12.2 Å². The summed E-state index contributed by atoms with van der Waals surface area (Å²) in [4.78, 5) is 29.3. The molecule has 0 radical (unpaired) electrons. The molecular weight excluding hydrogens is 372 g/mol. The molecule has 2 N–H and O–H groups in total. The molecule has 3 heterocycles. The van der Waals surface area contributed by atoms with Crippen molar-refractivity contribution in [1.29, 1.82) is 0 Å². The normalized spacial score (nSPS) is 14.0. The molecule has 8 heteroatoms. The predicted octanol–water partition coefficient (Wildman–Crippen LogP) is 2.98. The largest absolute Gasteiger partial charge is 0.507 e. The summed E-state index contributed by atoms with van der Waals surface area (Å²) in [6, 6.07) is 8.70. The van der Waals surface area contributed by atoms with Crippen LogP contribution in [0.4, 0.5) is 4.79 Å². The number of benzene rings is 1. The van der Waals surface area contributed by atoms with Gasteiger partial charge in [-0.25, -0.2) is 4.79 Å². The first-order valence-electron chi connectivity index (χ1n) is 9.41. The standard InChI is InChI=1S/C21H22N4O4/c1-21(2,3)29-20(28)25-9-8-12-14-10-16(13-6-4-5-7-17(13)26)23-24-18(14)22-19(27)15(12)11-25/h4-7,10,26H,8-9,11H2,1-3H3,(H,22,24,27). The van der Waals surface area contributed by atoms with Crippen molar-refractivity contribution in [3.8, 4) is 17.0 Å². The lowest BCUT2D eigenvalue weighted by atomic mass is 9.97. The molecule has 1 aromatic carbocycles. The van der Waals surface area contributed by atoms with E-state index in [0.717, 1.165) is 10.9 Å². The third kappa shape index (κ3) is 3.65. The Balaban J connectivity index is 1.76. The number of phenols is 1. The van der Waals surface area contributed by atoms with Crippen LogP contribution in [0.1, 0.15) is 31.9 Å². The Bertz CT molecular complexity index is 1160. The van der Waals surface area contributed by atoms with Crippen LogP contribution in [0.2, 0.25) is 0 Å². The number of carbonyl (C=O) groups is 1. The fourth-order valence-corrected chi connectivity index (χ4v) is 3.47. The molecule has 1 aliphatic heterocycles. The van der Waals surface area contributed by atoms with E-state index in [1.54, 1.807) is 18.2 Å². The average molecular weight is 394 g/mol. The van der Waals surface area contributed by atoms with Gasteiger partial charge in [0, 0.05) is 23.1 Å². The smallest absolute Gasteiger partial charge is 0.410 e. The topological polar surface area (TPSA) is 108 Å². The van der Waals surface area contributed by atoms with Gasteiger partial charge in [0.2, 0.25) is 0 Å². The number of phenolic OH excluding ortho intramolecular Hbond substituents is 1. The number of hydrogen-bond acceptors (Lipinski definition) is 6. The summed E-state index contributed by atoms with van der Waals surface area (Å²) < 4.78 is 5.43. The SMILES string of the molecule is CC(C)(C)OC(=O)N1CCc2c(c(=O)[nH]c3nnc(-c4ccccc4O)cc23)C1. The number of H-pyrrole nitrogens is 1. The van der Waals surface area contributed by atoms with Crippen LogP contribution in [0.3, 0.4) is 0 Å². The molecule has 0 unspecified atom stereocenters. The van der Waals surface area contributed by atoms with Crippen molar-refractivity contribution >= 4 is 17.1 Å². The van der Waals surface area contributed by atoms with Crippen LogP contribution in [0.25, 0.3) is 22.3 Å². The summed E-state index contributed by atoms with van der Waals surface area (Å²) in [6.07, 6.45) is 0.0614. The average Bonchev–Trinajstić information content (AvgIpc) is 2.67. The summed E-state index contributed by atoms with van der Waals surface area (Å²) >= 11 is 0. The zero-order valence-corrected chi connectivity index (χ0v) is 16.5. The number of para-hydroxylation sites is 1. The Kier molecular flexibility index (Phi) is 4.49. The number of rotatable bonds is 1. The quantitative estimate of drug-likeness (QED) is 0.657. The molecule has 1 aliphatic rings. The lowest BCUT2D eigenvalue weighted by Crippen LogP contribution is -2.42. The van der Waals surface area contributed by atoms with E-state index in [-0.39, 0.29) is 17.9 Å². The molecule has 150 valence electrons. The van der Waals surface area contributed by atoms with Crippen molar-refractivity contribution in [1.82, 2.24) is 20.1 Å². The third-order valence-corrected chi connectivity index (χ3v) is 4.80. The summed E-state index contributed by atoms with van der Waals surface area (Å²) in [6.45, 7) is 6.03. The lowest BCUT2D eigenvalue weighted by molar-refractivity contribution is 0.0223. The molecule has 2 aromatic heterocycles. The zero-order valence-electron chi connectivity index (χ0n) is 16.5. The van der Waals surface area contributed by atoms with Crippen molar-refractivity contribution in [3.63, 3.8) is 0 Å². The minimum Gasteiger partial charge on any atom is -0.507 e. The van der Waals surface area contributed by atoms with Gasteiger partial charge in [-0.1, -0.05) is 12.1 Å². The Morgan fingerprint density at radius 3 is 2.69 bits per heavy atom. The summed E-state index contributed by atoms with van der Waals surface area (Å²) in [5, 5.41) is 19.2. The van der Waals surface area contributed by atoms with Gasteiger partial charge in [0.15, 0.2) is 5.65 Å². The minimum atomic E-state index is -0.602. The minimum absolute atomic E-state index is 0.107. The number of nitrogens with one attached hydrogen (secondary N) is 1. The van der Waals surface area contributed by atoms with Gasteiger partial charge in [-0.05, 0) is 51.0 Å². The molecule has 3 aromatic rings. The van der Waals surface area contributed by atoms with E-state index in [0.29, 0.717) is 35.4 Å². The number of pyridine rings is 1. The van der Waals surface area contributed by atoms with Crippen LogP contribution < -0.4 is 5.56 Å². The van der Waals surface area contributed by atoms with Crippen molar-refractivity contribution < 1.29 is 14.6 Å². The first kappa shape index (κ1) is 18.9. The number of carbonyl (C=O) groups excluding carboxylic acids is 1. The van der Waals surface area contributed by atoms with E-state index >= 15 is 0 Å². The van der Waals surface area contributed by atoms with Gasteiger partial charge >= 0.3 is 6.09 Å². The van der Waals surface area contributed by atoms with E-state index in [9.17, 15) is 14.7 Å². The second kappa shape index (κ2) is 6.88. The highest BCUT2D eigenvalue weighted by molar-refractivity contribution is 5.84. The van der Waals surface area contributed by atoms with Crippen molar-refractivity contribution in [3.05, 3.63) is 51.8 Å². The zero-order chi connectivity index (χ0) is 20.8. The fraction of sp³-hybridized carbons (Fsp3) is 0.333. The second-order valence-corrected chi connectivity index (χ2v) is 8.07. The molecule has 29 heavy (non-hydrogen) atoms. The number of nitrogens with zero attached hydrogens (tertiary/aromatic N) is 3. The van der Waals surface area contributed by atoms with Crippen molar-refractivity contribution in [2.75, 3.05) is 6.54 Å². The Hall–Kier alpha value is -3.42. The highest BCUT2D eigenvalue weighted by atomic mass is 16.6. The van der Waals surface area contributed by atoms with E-state index in [1.807, 2.05) is 32.9 Å². The van der Waals surface area contributed by atoms with Gasteiger partial charge in [0.25, 0.3) is 5.56 Å². The maximum Gasteiger partial charge on any atom is 0.410 e. The molecule has 0 atom stereocenters. The van der Waals surface area contributed by atoms with Gasteiger partial charge in [0.1, 0.15) is 11.4 Å². The number of fused-ring (bicyclic) bond motifs is 3. The van der Waals surface area contributed by atoms with Gasteiger partial charge in [-0.2, -0.15) is 0 Å². The monoisotopic (exact) mass is 394 g/mol. The summed E-state index contributed by atoms with van der Waals surface area (Å²) in [5.74, 6) is 0.107. The van der Waals surface area contributed by atoms with Crippen LogP contribution in [0.5, 0.6) is 5.75 Å². The van der Waals surface area contributed by atoms with Gasteiger partial charge in [-0.15, -0.1) is 10.2 Å². The summed E-state index contributed by atoms with van der Waals surface area (Å²) in [7, 11) is 0. The molecular formula is C21H22N4O4. The molecule has 0 saturated heterocycles.